The van der Waals surface area contributed by atoms with Gasteiger partial charge in [-0.15, -0.1) is 3.89 Å². The van der Waals surface area contributed by atoms with E-state index in [1.54, 1.807) is 0 Å². The lowest BCUT2D eigenvalue weighted by Gasteiger charge is -2.13. The molecule has 0 bridgehead atoms. The van der Waals surface area contributed by atoms with E-state index >= 15 is 0 Å². The molecule has 1 aromatic rings. The van der Waals surface area contributed by atoms with E-state index in [9.17, 15) is 18.8 Å². The van der Waals surface area contributed by atoms with Gasteiger partial charge >= 0.3 is 11.8 Å². The van der Waals surface area contributed by atoms with Gasteiger partial charge in [0.25, 0.3) is 0 Å². The van der Waals surface area contributed by atoms with E-state index in [1.165, 1.54) is 12.3 Å². The lowest BCUT2D eigenvalue weighted by molar-refractivity contribution is -0.388. The van der Waals surface area contributed by atoms with Gasteiger partial charge in [0, 0.05) is 0 Å². The topological polar surface area (TPSA) is 104 Å². The van der Waals surface area contributed by atoms with Gasteiger partial charge in [-0.3, -0.25) is 4.18 Å². The van der Waals surface area contributed by atoms with Crippen molar-refractivity contribution in [3.63, 3.8) is 0 Å². The number of hydrogen-bond donors (Lipinski definition) is 1. The number of nitrogens with one attached hydrogen (secondary N) is 1. The van der Waals surface area contributed by atoms with Crippen molar-refractivity contribution in [3.8, 4) is 0 Å². The van der Waals surface area contributed by atoms with Crippen LogP contribution in [0.4, 0.5) is 15.4 Å². The Morgan fingerprint density at radius 1 is 1.75 bits per heavy atom. The molecular formula is C9H9BrFN3O5S. The van der Waals surface area contributed by atoms with Crippen molar-refractivity contribution in [3.05, 3.63) is 26.9 Å². The number of carbonyl (C=O) groups is 1. The summed E-state index contributed by atoms with van der Waals surface area (Å²) in [5, 5.41) is 13.4. The SMILES string of the molecule is COC(=O)C(CNc1cc(Br)cnc1[N+](=O)[O-])OSF. The molecule has 0 aliphatic heterocycles. The quantitative estimate of drug-likeness (QED) is 0.337. The maximum atomic E-state index is 12.1. The van der Waals surface area contributed by atoms with Crippen LogP contribution in [0.25, 0.3) is 0 Å². The number of pyridine rings is 1. The largest absolute Gasteiger partial charge is 0.467 e. The average molecular weight is 370 g/mol. The normalized spacial score (nSPS) is 11.8. The summed E-state index contributed by atoms with van der Waals surface area (Å²) in [6, 6.07) is 1.40. The zero-order chi connectivity index (χ0) is 15.1. The van der Waals surface area contributed by atoms with Gasteiger partial charge in [-0.05, 0) is 31.9 Å². The highest BCUT2D eigenvalue weighted by molar-refractivity contribution is 9.10. The molecule has 0 aliphatic rings. The van der Waals surface area contributed by atoms with Crippen molar-refractivity contribution in [1.82, 2.24) is 4.98 Å². The number of ether oxygens (including phenoxy) is 1. The van der Waals surface area contributed by atoms with Crippen molar-refractivity contribution in [2.75, 3.05) is 19.0 Å². The van der Waals surface area contributed by atoms with E-state index in [1.807, 2.05) is 0 Å². The summed E-state index contributed by atoms with van der Waals surface area (Å²) in [5.41, 5.74) is 0.0609. The molecule has 0 saturated heterocycles. The van der Waals surface area contributed by atoms with Crippen molar-refractivity contribution >= 4 is 45.8 Å². The number of carbonyl (C=O) groups excluding carboxylic acids is 1. The van der Waals surface area contributed by atoms with Gasteiger partial charge < -0.3 is 20.2 Å². The molecule has 0 radical (unpaired) electrons. The second kappa shape index (κ2) is 7.97. The van der Waals surface area contributed by atoms with Gasteiger partial charge in [-0.2, -0.15) is 0 Å². The van der Waals surface area contributed by atoms with Crippen LogP contribution in [0.15, 0.2) is 16.7 Å². The molecular weight excluding hydrogens is 361 g/mol. The first-order chi connectivity index (χ1) is 9.49. The summed E-state index contributed by atoms with van der Waals surface area (Å²) in [7, 11) is 1.12. The second-order valence-corrected chi connectivity index (χ2v) is 4.57. The third-order valence-electron chi connectivity index (χ3n) is 2.10. The van der Waals surface area contributed by atoms with Crippen LogP contribution in [-0.4, -0.2) is 35.6 Å². The molecule has 8 nitrogen and oxygen atoms in total. The number of esters is 1. The van der Waals surface area contributed by atoms with Crippen LogP contribution in [0.2, 0.25) is 0 Å². The standard InChI is InChI=1S/C9H9BrFN3O5S/c1-18-9(15)7(19-20-11)4-12-6-2-5(10)3-13-8(6)14(16)17/h2-3,7,12H,4H2,1H3. The van der Waals surface area contributed by atoms with E-state index in [2.05, 4.69) is 35.2 Å². The summed E-state index contributed by atoms with van der Waals surface area (Å²) in [6.45, 7) is -0.220. The smallest absolute Gasteiger partial charge is 0.386 e. The third-order valence-corrected chi connectivity index (χ3v) is 2.84. The fraction of sp³-hybridized carbons (Fsp3) is 0.333. The van der Waals surface area contributed by atoms with E-state index < -0.39 is 35.2 Å². The Morgan fingerprint density at radius 2 is 2.45 bits per heavy atom. The highest BCUT2D eigenvalue weighted by atomic mass is 79.9. The van der Waals surface area contributed by atoms with Gasteiger partial charge in [-0.25, -0.2) is 4.79 Å². The minimum atomic E-state index is -1.26. The van der Waals surface area contributed by atoms with Gasteiger partial charge in [0.2, 0.25) is 12.4 Å². The van der Waals surface area contributed by atoms with Crippen LogP contribution in [0.1, 0.15) is 0 Å². The first-order valence-electron chi connectivity index (χ1n) is 5.05. The molecule has 0 aliphatic carbocycles. The molecule has 1 heterocycles. The molecule has 1 rings (SSSR count). The highest BCUT2D eigenvalue weighted by Gasteiger charge is 2.23. The van der Waals surface area contributed by atoms with Gasteiger partial charge in [-0.1, -0.05) is 0 Å². The highest BCUT2D eigenvalue weighted by Crippen LogP contribution is 2.25. The van der Waals surface area contributed by atoms with Crippen LogP contribution in [0.5, 0.6) is 0 Å². The Morgan fingerprint density at radius 3 is 3.00 bits per heavy atom. The fourth-order valence-electron chi connectivity index (χ4n) is 1.24. The van der Waals surface area contributed by atoms with E-state index in [0.717, 1.165) is 7.11 Å². The minimum Gasteiger partial charge on any atom is -0.467 e. The number of nitrogens with zero attached hydrogens (tertiary/aromatic N) is 2. The summed E-state index contributed by atoms with van der Waals surface area (Å²) < 4.78 is 21.4. The van der Waals surface area contributed by atoms with Gasteiger partial charge in [0.15, 0.2) is 12.3 Å². The number of nitro groups is 1. The maximum absolute atomic E-state index is 12.1. The van der Waals surface area contributed by atoms with Gasteiger partial charge in [0.05, 0.1) is 18.1 Å². The molecule has 0 amide bonds. The molecule has 0 saturated carbocycles. The number of rotatable bonds is 7. The first-order valence-corrected chi connectivity index (χ1v) is 6.48. The Kier molecular flexibility index (Phi) is 6.61. The Labute approximate surface area is 125 Å². The minimum absolute atomic E-state index is 0.0609. The Hall–Kier alpha value is -1.46. The average Bonchev–Trinajstić information content (AvgIpc) is 2.42. The summed E-state index contributed by atoms with van der Waals surface area (Å²) in [5.74, 6) is -1.24. The molecule has 1 atom stereocenters. The maximum Gasteiger partial charge on any atom is 0.386 e. The number of hydrogen-bond acceptors (Lipinski definition) is 8. The zero-order valence-corrected chi connectivity index (χ0v) is 12.4. The zero-order valence-electron chi connectivity index (χ0n) is 10.0. The molecule has 0 aromatic carbocycles. The van der Waals surface area contributed by atoms with E-state index in [-0.39, 0.29) is 12.2 Å². The molecule has 1 unspecified atom stereocenters. The molecule has 0 fully saturated rings. The summed E-state index contributed by atoms with van der Waals surface area (Å²) in [6.07, 6.45) is 0.00301. The Bertz CT molecular complexity index is 506. The van der Waals surface area contributed by atoms with Crippen molar-refractivity contribution in [1.29, 1.82) is 0 Å². The van der Waals surface area contributed by atoms with Crippen LogP contribution >= 0.6 is 28.4 Å². The summed E-state index contributed by atoms with van der Waals surface area (Å²) >= 11 is 2.62. The Balaban J connectivity index is 2.84. The van der Waals surface area contributed by atoms with Crippen LogP contribution in [-0.2, 0) is 13.7 Å². The van der Waals surface area contributed by atoms with Crippen molar-refractivity contribution < 1.29 is 22.5 Å². The first kappa shape index (κ1) is 16.6. The molecule has 0 spiro atoms. The third kappa shape index (κ3) is 4.58. The van der Waals surface area contributed by atoms with Crippen LogP contribution < -0.4 is 5.32 Å². The predicted octanol–water partition coefficient (Wildman–Crippen LogP) is 2.26. The molecule has 110 valence electrons. The van der Waals surface area contributed by atoms with Crippen LogP contribution in [0.3, 0.4) is 0 Å². The predicted molar refractivity (Wildman–Crippen MR) is 72.7 cm³/mol. The van der Waals surface area contributed by atoms with Crippen molar-refractivity contribution in [2.24, 2.45) is 0 Å². The lowest BCUT2D eigenvalue weighted by atomic mass is 10.3. The van der Waals surface area contributed by atoms with Crippen molar-refractivity contribution in [2.45, 2.75) is 6.10 Å². The number of methoxy groups -OCH3 is 1. The number of anilines is 1. The molecule has 11 heteroatoms. The van der Waals surface area contributed by atoms with Crippen LogP contribution in [0, 0.1) is 10.1 Å². The molecule has 1 aromatic heterocycles. The van der Waals surface area contributed by atoms with E-state index in [0.29, 0.717) is 4.47 Å². The number of halogens is 2. The second-order valence-electron chi connectivity index (χ2n) is 3.33. The molecule has 20 heavy (non-hydrogen) atoms. The summed E-state index contributed by atoms with van der Waals surface area (Å²) in [4.78, 5) is 25.0. The lowest BCUT2D eigenvalue weighted by Crippen LogP contribution is -2.31. The van der Waals surface area contributed by atoms with Gasteiger partial charge in [0.1, 0.15) is 5.69 Å². The monoisotopic (exact) mass is 369 g/mol. The number of aromatic nitrogens is 1. The molecule has 1 N–H and O–H groups in total. The van der Waals surface area contributed by atoms with E-state index in [4.69, 9.17) is 0 Å². The fourth-order valence-corrected chi connectivity index (χ4v) is 1.81.